The summed E-state index contributed by atoms with van der Waals surface area (Å²) in [5, 5.41) is 1.56. The van der Waals surface area contributed by atoms with Gasteiger partial charge in [0.1, 0.15) is 0 Å². The summed E-state index contributed by atoms with van der Waals surface area (Å²) in [5.74, 6) is 0.894. The monoisotopic (exact) mass is 530 g/mol. The molecule has 2 atom stereocenters. The normalized spacial score (nSPS) is 17.6. The molecule has 5 aromatic rings. The van der Waals surface area contributed by atoms with Crippen molar-refractivity contribution in [3.05, 3.63) is 160 Å². The molecule has 7 rings (SSSR count). The van der Waals surface area contributed by atoms with Gasteiger partial charge in [-0.05, 0) is 70.0 Å². The van der Waals surface area contributed by atoms with Crippen molar-refractivity contribution < 1.29 is 0 Å². The molecular formula is C39H34Si. The lowest BCUT2D eigenvalue weighted by Gasteiger charge is -2.18. The van der Waals surface area contributed by atoms with E-state index in [9.17, 15) is 0 Å². The van der Waals surface area contributed by atoms with Crippen molar-refractivity contribution in [3.8, 4) is 22.3 Å². The fourth-order valence-electron chi connectivity index (χ4n) is 6.93. The van der Waals surface area contributed by atoms with Crippen LogP contribution < -0.4 is 5.19 Å². The van der Waals surface area contributed by atoms with Gasteiger partial charge < -0.3 is 0 Å². The number of benzene rings is 5. The van der Waals surface area contributed by atoms with Gasteiger partial charge in [-0.25, -0.2) is 0 Å². The molecule has 0 aliphatic heterocycles. The van der Waals surface area contributed by atoms with Gasteiger partial charge in [-0.15, -0.1) is 0 Å². The van der Waals surface area contributed by atoms with Crippen LogP contribution >= 0.6 is 0 Å². The molecule has 0 aromatic heterocycles. The van der Waals surface area contributed by atoms with Gasteiger partial charge in [0.25, 0.3) is 0 Å². The van der Waals surface area contributed by atoms with Gasteiger partial charge in [0, 0.05) is 11.8 Å². The number of allylic oxidation sites excluding steroid dienone is 2. The first kappa shape index (κ1) is 24.8. The Morgan fingerprint density at radius 1 is 0.525 bits per heavy atom. The summed E-state index contributed by atoms with van der Waals surface area (Å²) >= 11 is 0. The minimum atomic E-state index is -0.394. The Labute approximate surface area is 240 Å². The van der Waals surface area contributed by atoms with Crippen LogP contribution in [0.4, 0.5) is 0 Å². The number of fused-ring (bicyclic) bond motifs is 2. The van der Waals surface area contributed by atoms with Crippen LogP contribution in [0.5, 0.6) is 0 Å². The Morgan fingerprint density at radius 2 is 1.07 bits per heavy atom. The zero-order valence-corrected chi connectivity index (χ0v) is 24.7. The Kier molecular flexibility index (Phi) is 6.46. The van der Waals surface area contributed by atoms with Crippen LogP contribution in [0, 0.1) is 0 Å². The highest BCUT2D eigenvalue weighted by atomic mass is 28.2. The van der Waals surface area contributed by atoms with Gasteiger partial charge in [0.05, 0.1) is 9.52 Å². The molecular weight excluding hydrogens is 497 g/mol. The van der Waals surface area contributed by atoms with Gasteiger partial charge in [0.15, 0.2) is 0 Å². The van der Waals surface area contributed by atoms with Crippen molar-refractivity contribution >= 4 is 26.9 Å². The van der Waals surface area contributed by atoms with Crippen molar-refractivity contribution in [3.63, 3.8) is 0 Å². The third-order valence-electron chi connectivity index (χ3n) is 8.92. The minimum Gasteiger partial charge on any atom is -0.0669 e. The minimum absolute atomic E-state index is 0.345. The van der Waals surface area contributed by atoms with Crippen molar-refractivity contribution in [2.75, 3.05) is 0 Å². The van der Waals surface area contributed by atoms with E-state index in [0.29, 0.717) is 11.8 Å². The zero-order valence-electron chi connectivity index (χ0n) is 23.3. The molecule has 0 bridgehead atoms. The van der Waals surface area contributed by atoms with E-state index in [0.717, 1.165) is 0 Å². The molecule has 0 heterocycles. The van der Waals surface area contributed by atoms with E-state index in [1.165, 1.54) is 67.3 Å². The van der Waals surface area contributed by atoms with Gasteiger partial charge >= 0.3 is 0 Å². The molecule has 0 saturated carbocycles. The molecule has 2 aliphatic rings. The summed E-state index contributed by atoms with van der Waals surface area (Å²) in [6.45, 7) is 4.62. The largest absolute Gasteiger partial charge is 0.0669 e. The van der Waals surface area contributed by atoms with Gasteiger partial charge in [-0.3, -0.25) is 0 Å². The highest BCUT2D eigenvalue weighted by Crippen LogP contribution is 2.45. The zero-order chi connectivity index (χ0) is 27.1. The molecule has 0 radical (unpaired) electrons. The molecule has 0 saturated heterocycles. The van der Waals surface area contributed by atoms with Crippen LogP contribution in [0.2, 0.25) is 6.04 Å². The Bertz CT molecular complexity index is 1740. The summed E-state index contributed by atoms with van der Waals surface area (Å²) in [6, 6.07) is 46.2. The first-order valence-electron chi connectivity index (χ1n) is 14.5. The fourth-order valence-corrected chi connectivity index (χ4v) is 8.88. The Morgan fingerprint density at radius 3 is 1.70 bits per heavy atom. The molecule has 194 valence electrons. The first-order valence-corrected chi connectivity index (χ1v) is 16.2. The highest BCUT2D eigenvalue weighted by molar-refractivity contribution is 6.53. The summed E-state index contributed by atoms with van der Waals surface area (Å²) in [5.41, 5.74) is 15.4. The summed E-state index contributed by atoms with van der Waals surface area (Å²) < 4.78 is 0. The lowest BCUT2D eigenvalue weighted by Crippen LogP contribution is -2.17. The quantitative estimate of drug-likeness (QED) is 0.192. The van der Waals surface area contributed by atoms with Crippen LogP contribution in [0.15, 0.2) is 132 Å². The van der Waals surface area contributed by atoms with Crippen molar-refractivity contribution in [2.45, 2.75) is 31.7 Å². The van der Waals surface area contributed by atoms with E-state index in [4.69, 9.17) is 0 Å². The lowest BCUT2D eigenvalue weighted by molar-refractivity contribution is 0.915. The predicted octanol–water partition coefficient (Wildman–Crippen LogP) is 8.98. The molecule has 5 aromatic carbocycles. The van der Waals surface area contributed by atoms with Gasteiger partial charge in [-0.2, -0.15) is 0 Å². The van der Waals surface area contributed by atoms with Crippen molar-refractivity contribution in [1.82, 2.24) is 0 Å². The average molecular weight is 531 g/mol. The molecule has 2 aliphatic carbocycles. The molecule has 0 spiro atoms. The second kappa shape index (κ2) is 10.4. The Balaban J connectivity index is 1.10. The SMILES string of the molecule is CC1=Cc2c(-c3ccccc3)cccc2C1C[SiH2]c1ccc(C2C(C)=Cc3c(-c4ccccc4)cccc32)cc1. The standard InChI is InChI=1S/C39H34Si/c1-26-23-36-32(28-11-5-3-6-12-28)15-9-17-34(36)38(26)25-40-31-21-19-30(20-22-31)39-27(2)24-37-33(16-10-18-35(37)39)29-13-7-4-8-14-29/h3-24,38-39H,25,40H2,1-2H3. The first-order chi connectivity index (χ1) is 19.7. The topological polar surface area (TPSA) is 0 Å². The van der Waals surface area contributed by atoms with E-state index in [1.807, 2.05) is 0 Å². The van der Waals surface area contributed by atoms with E-state index < -0.39 is 9.52 Å². The third kappa shape index (κ3) is 4.41. The van der Waals surface area contributed by atoms with Crippen LogP contribution in [0.25, 0.3) is 34.4 Å². The maximum atomic E-state index is 2.44. The van der Waals surface area contributed by atoms with Crippen molar-refractivity contribution in [1.29, 1.82) is 0 Å². The fraction of sp³-hybridized carbons (Fsp3) is 0.128. The van der Waals surface area contributed by atoms with Crippen LogP contribution in [0.3, 0.4) is 0 Å². The van der Waals surface area contributed by atoms with E-state index in [1.54, 1.807) is 5.19 Å². The molecule has 0 N–H and O–H groups in total. The number of hydrogen-bond acceptors (Lipinski definition) is 0. The molecule has 1 heteroatoms. The van der Waals surface area contributed by atoms with Crippen LogP contribution in [-0.2, 0) is 0 Å². The molecule has 0 amide bonds. The maximum absolute atomic E-state index is 2.44. The summed E-state index contributed by atoms with van der Waals surface area (Å²) in [4.78, 5) is 0. The number of rotatable bonds is 6. The third-order valence-corrected chi connectivity index (χ3v) is 10.8. The van der Waals surface area contributed by atoms with Gasteiger partial charge in [0.2, 0.25) is 0 Å². The van der Waals surface area contributed by atoms with E-state index in [-0.39, 0.29) is 0 Å². The molecule has 40 heavy (non-hydrogen) atoms. The summed E-state index contributed by atoms with van der Waals surface area (Å²) in [7, 11) is -0.394. The molecule has 0 fully saturated rings. The summed E-state index contributed by atoms with van der Waals surface area (Å²) in [6.07, 6.45) is 4.84. The van der Waals surface area contributed by atoms with E-state index >= 15 is 0 Å². The Hall–Kier alpha value is -4.20. The second-order valence-electron chi connectivity index (χ2n) is 11.4. The van der Waals surface area contributed by atoms with Gasteiger partial charge in [-0.1, -0.05) is 150 Å². The van der Waals surface area contributed by atoms with Crippen molar-refractivity contribution in [2.24, 2.45) is 0 Å². The highest BCUT2D eigenvalue weighted by Gasteiger charge is 2.27. The maximum Gasteiger partial charge on any atom is 0.0556 e. The van der Waals surface area contributed by atoms with Crippen LogP contribution in [0.1, 0.15) is 53.5 Å². The predicted molar refractivity (Wildman–Crippen MR) is 175 cm³/mol. The lowest BCUT2D eigenvalue weighted by atomic mass is 9.87. The smallest absolute Gasteiger partial charge is 0.0556 e. The van der Waals surface area contributed by atoms with Crippen LogP contribution in [-0.4, -0.2) is 9.52 Å². The number of hydrogen-bond donors (Lipinski definition) is 0. The second-order valence-corrected chi connectivity index (χ2v) is 13.3. The molecule has 0 nitrogen and oxygen atoms in total. The van der Waals surface area contributed by atoms with E-state index in [2.05, 4.69) is 147 Å². The molecule has 2 unspecified atom stereocenters. The average Bonchev–Trinajstić information content (AvgIpc) is 3.52.